The SMILES string of the molecule is COc1ccc2c(N3CCC(C)(C#N)CC3)c(C(=O)N3CCN(C(=O)C(C)C)CC3)cnc2c1. The standard InChI is InChI=1S/C26H33N5O3/c1-18(2)24(32)30-11-13-31(14-12-30)25(33)21-16-28-22-15-19(34-4)5-6-20(22)23(21)29-9-7-26(3,17-27)8-10-29/h5-6,15-16,18H,7-14H2,1-4H3. The Hall–Kier alpha value is -3.34. The van der Waals surface area contributed by atoms with Crippen molar-refractivity contribution >= 4 is 28.4 Å². The van der Waals surface area contributed by atoms with Gasteiger partial charge in [0.1, 0.15) is 5.75 Å². The Kier molecular flexibility index (Phi) is 6.65. The molecule has 8 heteroatoms. The Morgan fingerprint density at radius 1 is 1.09 bits per heavy atom. The predicted octanol–water partition coefficient (Wildman–Crippen LogP) is 3.31. The summed E-state index contributed by atoms with van der Waals surface area (Å²) in [6.45, 7) is 9.30. The Morgan fingerprint density at radius 2 is 1.74 bits per heavy atom. The summed E-state index contributed by atoms with van der Waals surface area (Å²) in [5, 5.41) is 10.5. The van der Waals surface area contributed by atoms with Gasteiger partial charge in [0.2, 0.25) is 5.91 Å². The zero-order chi connectivity index (χ0) is 24.5. The van der Waals surface area contributed by atoms with Crippen LogP contribution in [-0.2, 0) is 4.79 Å². The number of rotatable bonds is 4. The van der Waals surface area contributed by atoms with Crippen molar-refractivity contribution < 1.29 is 14.3 Å². The first kappa shape index (κ1) is 23.8. The maximum atomic E-state index is 13.7. The van der Waals surface area contributed by atoms with Crippen molar-refractivity contribution in [3.8, 4) is 11.8 Å². The van der Waals surface area contributed by atoms with Crippen LogP contribution in [0.2, 0.25) is 0 Å². The smallest absolute Gasteiger partial charge is 0.257 e. The first-order valence-corrected chi connectivity index (χ1v) is 12.0. The molecule has 34 heavy (non-hydrogen) atoms. The normalized spacial score (nSPS) is 18.2. The molecule has 0 radical (unpaired) electrons. The lowest BCUT2D eigenvalue weighted by Crippen LogP contribution is -2.51. The highest BCUT2D eigenvalue weighted by Gasteiger charge is 2.34. The number of fused-ring (bicyclic) bond motifs is 1. The second-order valence-corrected chi connectivity index (χ2v) is 9.84. The van der Waals surface area contributed by atoms with E-state index in [-0.39, 0.29) is 23.1 Å². The molecule has 0 unspecified atom stereocenters. The minimum absolute atomic E-state index is 0.0475. The van der Waals surface area contributed by atoms with E-state index in [1.165, 1.54) is 0 Å². The first-order chi connectivity index (χ1) is 16.3. The molecule has 3 heterocycles. The van der Waals surface area contributed by atoms with Crippen LogP contribution in [0.5, 0.6) is 5.75 Å². The van der Waals surface area contributed by atoms with Crippen molar-refractivity contribution in [3.05, 3.63) is 30.0 Å². The third-order valence-electron chi connectivity index (χ3n) is 7.10. The number of piperidine rings is 1. The van der Waals surface area contributed by atoms with E-state index in [9.17, 15) is 14.9 Å². The fraction of sp³-hybridized carbons (Fsp3) is 0.538. The Labute approximate surface area is 201 Å². The van der Waals surface area contributed by atoms with Crippen molar-refractivity contribution in [2.24, 2.45) is 11.3 Å². The number of ether oxygens (including phenoxy) is 1. The van der Waals surface area contributed by atoms with E-state index in [1.54, 1.807) is 13.3 Å². The number of carbonyl (C=O) groups excluding carboxylic acids is 2. The molecule has 0 spiro atoms. The third-order valence-corrected chi connectivity index (χ3v) is 7.10. The minimum Gasteiger partial charge on any atom is -0.497 e. The molecule has 2 aliphatic rings. The first-order valence-electron chi connectivity index (χ1n) is 12.0. The average Bonchev–Trinajstić information content (AvgIpc) is 2.87. The average molecular weight is 464 g/mol. The molecule has 180 valence electrons. The number of nitriles is 1. The molecule has 2 aliphatic heterocycles. The molecule has 2 aromatic rings. The number of amides is 2. The van der Waals surface area contributed by atoms with Gasteiger partial charge >= 0.3 is 0 Å². The largest absolute Gasteiger partial charge is 0.497 e. The third kappa shape index (κ3) is 4.52. The molecule has 0 saturated carbocycles. The molecule has 2 amide bonds. The molecule has 2 fully saturated rings. The van der Waals surface area contributed by atoms with Crippen molar-refractivity contribution in [1.29, 1.82) is 5.26 Å². The Bertz CT molecular complexity index is 1120. The molecule has 0 bridgehead atoms. The van der Waals surface area contributed by atoms with Crippen LogP contribution in [-0.4, -0.2) is 73.0 Å². The fourth-order valence-electron chi connectivity index (χ4n) is 4.78. The second kappa shape index (κ2) is 9.49. The molecule has 4 rings (SSSR count). The quantitative estimate of drug-likeness (QED) is 0.691. The number of piperazine rings is 1. The predicted molar refractivity (Wildman–Crippen MR) is 131 cm³/mol. The Balaban J connectivity index is 1.66. The maximum Gasteiger partial charge on any atom is 0.257 e. The number of hydrogen-bond acceptors (Lipinski definition) is 6. The molecule has 0 aliphatic carbocycles. The van der Waals surface area contributed by atoms with Gasteiger partial charge in [-0.3, -0.25) is 14.6 Å². The highest BCUT2D eigenvalue weighted by Crippen LogP contribution is 2.38. The van der Waals surface area contributed by atoms with E-state index in [2.05, 4.69) is 16.0 Å². The van der Waals surface area contributed by atoms with Gasteiger partial charge in [-0.2, -0.15) is 5.26 Å². The van der Waals surface area contributed by atoms with E-state index < -0.39 is 0 Å². The van der Waals surface area contributed by atoms with Crippen LogP contribution in [0.4, 0.5) is 5.69 Å². The molecule has 1 aromatic heterocycles. The van der Waals surface area contributed by atoms with Crippen LogP contribution >= 0.6 is 0 Å². The number of pyridine rings is 1. The fourth-order valence-corrected chi connectivity index (χ4v) is 4.78. The monoisotopic (exact) mass is 463 g/mol. The number of hydrogen-bond donors (Lipinski definition) is 0. The van der Waals surface area contributed by atoms with Crippen molar-refractivity contribution in [1.82, 2.24) is 14.8 Å². The van der Waals surface area contributed by atoms with Crippen LogP contribution in [0.15, 0.2) is 24.4 Å². The van der Waals surface area contributed by atoms with Gasteiger partial charge in [-0.15, -0.1) is 0 Å². The molecule has 0 N–H and O–H groups in total. The highest BCUT2D eigenvalue weighted by atomic mass is 16.5. The van der Waals surface area contributed by atoms with Gasteiger partial charge in [0.25, 0.3) is 5.91 Å². The van der Waals surface area contributed by atoms with Gasteiger partial charge in [-0.1, -0.05) is 13.8 Å². The van der Waals surface area contributed by atoms with Gasteiger partial charge in [0.05, 0.1) is 35.4 Å². The van der Waals surface area contributed by atoms with Crippen LogP contribution in [0.1, 0.15) is 44.0 Å². The molecule has 0 atom stereocenters. The number of methoxy groups -OCH3 is 1. The van der Waals surface area contributed by atoms with Crippen molar-refractivity contribution in [2.45, 2.75) is 33.6 Å². The van der Waals surface area contributed by atoms with E-state index >= 15 is 0 Å². The van der Waals surface area contributed by atoms with Crippen molar-refractivity contribution in [3.63, 3.8) is 0 Å². The van der Waals surface area contributed by atoms with Gasteiger partial charge in [0, 0.05) is 62.8 Å². The summed E-state index contributed by atoms with van der Waals surface area (Å²) in [7, 11) is 1.62. The topological polar surface area (TPSA) is 89.8 Å². The van der Waals surface area contributed by atoms with Gasteiger partial charge in [-0.05, 0) is 31.9 Å². The molecular formula is C26H33N5O3. The van der Waals surface area contributed by atoms with Gasteiger partial charge in [0.15, 0.2) is 0 Å². The maximum absolute atomic E-state index is 13.7. The lowest BCUT2D eigenvalue weighted by molar-refractivity contribution is -0.135. The van der Waals surface area contributed by atoms with Gasteiger partial charge in [-0.25, -0.2) is 0 Å². The summed E-state index contributed by atoms with van der Waals surface area (Å²) in [4.78, 5) is 36.5. The van der Waals surface area contributed by atoms with Crippen LogP contribution < -0.4 is 9.64 Å². The molecule has 8 nitrogen and oxygen atoms in total. The lowest BCUT2D eigenvalue weighted by atomic mass is 9.81. The van der Waals surface area contributed by atoms with E-state index in [1.807, 2.05) is 48.8 Å². The summed E-state index contributed by atoms with van der Waals surface area (Å²) in [5.74, 6) is 0.730. The summed E-state index contributed by atoms with van der Waals surface area (Å²) in [5.41, 5.74) is 1.87. The van der Waals surface area contributed by atoms with E-state index in [4.69, 9.17) is 4.74 Å². The number of aromatic nitrogens is 1. The minimum atomic E-state index is -0.341. The molecule has 2 saturated heterocycles. The summed E-state index contributed by atoms with van der Waals surface area (Å²) in [6.07, 6.45) is 3.16. The molecular weight excluding hydrogens is 430 g/mol. The zero-order valence-electron chi connectivity index (χ0n) is 20.5. The van der Waals surface area contributed by atoms with Crippen molar-refractivity contribution in [2.75, 3.05) is 51.3 Å². The van der Waals surface area contributed by atoms with Crippen LogP contribution in [0.3, 0.4) is 0 Å². The highest BCUT2D eigenvalue weighted by molar-refractivity contribution is 6.07. The van der Waals surface area contributed by atoms with E-state index in [0.29, 0.717) is 50.6 Å². The van der Waals surface area contributed by atoms with E-state index in [0.717, 1.165) is 29.4 Å². The Morgan fingerprint density at radius 3 is 2.32 bits per heavy atom. The number of nitrogens with zero attached hydrogens (tertiary/aromatic N) is 5. The number of benzene rings is 1. The van der Waals surface area contributed by atoms with Crippen LogP contribution in [0.25, 0.3) is 10.9 Å². The number of carbonyl (C=O) groups is 2. The second-order valence-electron chi connectivity index (χ2n) is 9.84. The van der Waals surface area contributed by atoms with Crippen LogP contribution in [0, 0.1) is 22.7 Å². The summed E-state index contributed by atoms with van der Waals surface area (Å²) in [6, 6.07) is 8.19. The number of anilines is 1. The zero-order valence-corrected chi connectivity index (χ0v) is 20.5. The molecule has 1 aromatic carbocycles. The summed E-state index contributed by atoms with van der Waals surface area (Å²) < 4.78 is 5.37. The van der Waals surface area contributed by atoms with Gasteiger partial charge < -0.3 is 19.4 Å². The lowest BCUT2D eigenvalue weighted by Gasteiger charge is -2.39. The summed E-state index contributed by atoms with van der Waals surface area (Å²) >= 11 is 0.